The molecule has 0 radical (unpaired) electrons. The Morgan fingerprint density at radius 2 is 2.21 bits per heavy atom. The van der Waals surface area contributed by atoms with Gasteiger partial charge in [0.1, 0.15) is 6.10 Å². The van der Waals surface area contributed by atoms with E-state index in [1.807, 2.05) is 13.8 Å². The molecule has 1 rings (SSSR count). The third-order valence-corrected chi connectivity index (χ3v) is 2.67. The SMILES string of the molecule is CC(C)C(C)Oc1ncc(C(N)=NO)cc1[N+](=O)[O-]. The molecule has 8 nitrogen and oxygen atoms in total. The maximum atomic E-state index is 11.0. The zero-order valence-corrected chi connectivity index (χ0v) is 10.9. The predicted molar refractivity (Wildman–Crippen MR) is 68.3 cm³/mol. The molecule has 0 aliphatic heterocycles. The fraction of sp³-hybridized carbons (Fsp3) is 0.455. The highest BCUT2D eigenvalue weighted by molar-refractivity contribution is 5.97. The Kier molecular flexibility index (Phi) is 4.62. The maximum Gasteiger partial charge on any atom is 0.331 e. The Morgan fingerprint density at radius 1 is 1.58 bits per heavy atom. The average Bonchev–Trinajstić information content (AvgIpc) is 2.37. The Labute approximate surface area is 110 Å². The summed E-state index contributed by atoms with van der Waals surface area (Å²) in [7, 11) is 0. The normalized spacial score (nSPS) is 13.4. The van der Waals surface area contributed by atoms with E-state index in [-0.39, 0.29) is 35.0 Å². The standard InChI is InChI=1S/C11H16N4O4/c1-6(2)7(3)19-11-9(15(17)18)4-8(5-13-11)10(12)14-16/h4-7,16H,1-3H3,(H2,12,14). The van der Waals surface area contributed by atoms with E-state index in [9.17, 15) is 10.1 Å². The van der Waals surface area contributed by atoms with Crippen molar-refractivity contribution >= 4 is 11.5 Å². The van der Waals surface area contributed by atoms with Crippen molar-refractivity contribution in [2.24, 2.45) is 16.8 Å². The van der Waals surface area contributed by atoms with Gasteiger partial charge >= 0.3 is 5.69 Å². The molecule has 0 saturated carbocycles. The van der Waals surface area contributed by atoms with Gasteiger partial charge in [0.25, 0.3) is 5.88 Å². The first-order valence-electron chi connectivity index (χ1n) is 5.65. The van der Waals surface area contributed by atoms with Crippen LogP contribution in [0.1, 0.15) is 26.3 Å². The molecule has 0 amide bonds. The van der Waals surface area contributed by atoms with E-state index in [2.05, 4.69) is 10.1 Å². The second-order valence-electron chi connectivity index (χ2n) is 4.36. The number of pyridine rings is 1. The topological polar surface area (TPSA) is 124 Å². The van der Waals surface area contributed by atoms with Gasteiger partial charge in [-0.25, -0.2) is 4.98 Å². The van der Waals surface area contributed by atoms with E-state index in [0.717, 1.165) is 6.07 Å². The molecule has 8 heteroatoms. The van der Waals surface area contributed by atoms with E-state index < -0.39 is 4.92 Å². The number of ether oxygens (including phenoxy) is 1. The van der Waals surface area contributed by atoms with Crippen LogP contribution < -0.4 is 10.5 Å². The number of hydrogen-bond donors (Lipinski definition) is 2. The van der Waals surface area contributed by atoms with Crippen molar-refractivity contribution in [2.45, 2.75) is 26.9 Å². The Bertz CT molecular complexity index is 501. The summed E-state index contributed by atoms with van der Waals surface area (Å²) in [5.41, 5.74) is 5.19. The first-order valence-corrected chi connectivity index (χ1v) is 5.65. The minimum absolute atomic E-state index is 0.0827. The van der Waals surface area contributed by atoms with E-state index in [1.54, 1.807) is 6.92 Å². The largest absolute Gasteiger partial charge is 0.470 e. The molecule has 0 aromatic carbocycles. The summed E-state index contributed by atoms with van der Waals surface area (Å²) in [4.78, 5) is 14.2. The van der Waals surface area contributed by atoms with Crippen LogP contribution in [0.3, 0.4) is 0 Å². The maximum absolute atomic E-state index is 11.0. The molecular formula is C11H16N4O4. The minimum atomic E-state index is -0.621. The lowest BCUT2D eigenvalue weighted by Gasteiger charge is -2.17. The lowest BCUT2D eigenvalue weighted by molar-refractivity contribution is -0.386. The molecule has 1 aromatic rings. The van der Waals surface area contributed by atoms with Gasteiger partial charge in [-0.2, -0.15) is 0 Å². The number of aromatic nitrogens is 1. The van der Waals surface area contributed by atoms with E-state index >= 15 is 0 Å². The number of amidine groups is 1. The smallest absolute Gasteiger partial charge is 0.331 e. The van der Waals surface area contributed by atoms with Gasteiger partial charge in [-0.15, -0.1) is 0 Å². The van der Waals surface area contributed by atoms with Gasteiger partial charge < -0.3 is 15.7 Å². The van der Waals surface area contributed by atoms with Crippen LogP contribution in [0.2, 0.25) is 0 Å². The third-order valence-electron chi connectivity index (χ3n) is 2.67. The van der Waals surface area contributed by atoms with Gasteiger partial charge in [-0.1, -0.05) is 19.0 Å². The summed E-state index contributed by atoms with van der Waals surface area (Å²) in [6, 6.07) is 1.16. The van der Waals surface area contributed by atoms with Gasteiger partial charge in [-0.05, 0) is 12.8 Å². The highest BCUT2D eigenvalue weighted by Crippen LogP contribution is 2.27. The monoisotopic (exact) mass is 268 g/mol. The van der Waals surface area contributed by atoms with Crippen molar-refractivity contribution in [2.75, 3.05) is 0 Å². The molecule has 1 atom stereocenters. The van der Waals surface area contributed by atoms with Crippen molar-refractivity contribution in [3.8, 4) is 5.88 Å². The van der Waals surface area contributed by atoms with Gasteiger partial charge in [0.05, 0.1) is 4.92 Å². The molecule has 1 heterocycles. The van der Waals surface area contributed by atoms with Crippen LogP contribution in [0.25, 0.3) is 0 Å². The van der Waals surface area contributed by atoms with Crippen LogP contribution in [0, 0.1) is 16.0 Å². The predicted octanol–water partition coefficient (Wildman–Crippen LogP) is 1.51. The molecule has 0 fully saturated rings. The van der Waals surface area contributed by atoms with E-state index in [1.165, 1.54) is 6.20 Å². The summed E-state index contributed by atoms with van der Waals surface area (Å²) in [6.45, 7) is 5.66. The lowest BCUT2D eigenvalue weighted by atomic mass is 10.1. The second kappa shape index (κ2) is 5.98. The van der Waals surface area contributed by atoms with Gasteiger partial charge in [0, 0.05) is 17.8 Å². The molecule has 0 spiro atoms. The van der Waals surface area contributed by atoms with Crippen LogP contribution >= 0.6 is 0 Å². The third kappa shape index (κ3) is 3.54. The summed E-state index contributed by atoms with van der Waals surface area (Å²) in [6.07, 6.45) is 1.03. The van der Waals surface area contributed by atoms with E-state index in [0.29, 0.717) is 0 Å². The van der Waals surface area contributed by atoms with Crippen LogP contribution in [0.4, 0.5) is 5.69 Å². The number of hydrogen-bond acceptors (Lipinski definition) is 6. The van der Waals surface area contributed by atoms with Crippen LogP contribution in [0.15, 0.2) is 17.4 Å². The molecule has 1 aromatic heterocycles. The van der Waals surface area contributed by atoms with Gasteiger partial charge in [-0.3, -0.25) is 10.1 Å². The molecule has 0 aliphatic rings. The highest BCUT2D eigenvalue weighted by atomic mass is 16.6. The number of nitro groups is 1. The van der Waals surface area contributed by atoms with Crippen LogP contribution in [-0.2, 0) is 0 Å². The average molecular weight is 268 g/mol. The number of oxime groups is 1. The number of nitrogens with two attached hydrogens (primary N) is 1. The fourth-order valence-corrected chi connectivity index (χ4v) is 1.17. The summed E-state index contributed by atoms with van der Waals surface area (Å²) >= 11 is 0. The zero-order valence-electron chi connectivity index (χ0n) is 10.9. The Hall–Kier alpha value is -2.38. The molecule has 0 bridgehead atoms. The van der Waals surface area contributed by atoms with Crippen molar-refractivity contribution < 1.29 is 14.9 Å². The molecule has 0 saturated heterocycles. The lowest BCUT2D eigenvalue weighted by Crippen LogP contribution is -2.20. The van der Waals surface area contributed by atoms with Crippen molar-refractivity contribution in [1.82, 2.24) is 4.98 Å². The molecule has 19 heavy (non-hydrogen) atoms. The van der Waals surface area contributed by atoms with Crippen LogP contribution in [0.5, 0.6) is 5.88 Å². The fourth-order valence-electron chi connectivity index (χ4n) is 1.17. The highest BCUT2D eigenvalue weighted by Gasteiger charge is 2.22. The second-order valence-corrected chi connectivity index (χ2v) is 4.36. The first-order chi connectivity index (χ1) is 8.86. The zero-order chi connectivity index (χ0) is 14.6. The van der Waals surface area contributed by atoms with Crippen LogP contribution in [-0.4, -0.2) is 27.1 Å². The van der Waals surface area contributed by atoms with Gasteiger partial charge in [0.2, 0.25) is 0 Å². The minimum Gasteiger partial charge on any atom is -0.470 e. The molecule has 1 unspecified atom stereocenters. The molecule has 3 N–H and O–H groups in total. The summed E-state index contributed by atoms with van der Waals surface area (Å²) in [5, 5.41) is 22.3. The summed E-state index contributed by atoms with van der Waals surface area (Å²) < 4.78 is 5.44. The van der Waals surface area contributed by atoms with Gasteiger partial charge in [0.15, 0.2) is 5.84 Å². The Morgan fingerprint density at radius 3 is 2.68 bits per heavy atom. The first kappa shape index (κ1) is 14.7. The summed E-state index contributed by atoms with van der Waals surface area (Å²) in [5.74, 6) is -0.148. The number of rotatable bonds is 5. The van der Waals surface area contributed by atoms with Crippen molar-refractivity contribution in [3.05, 3.63) is 27.9 Å². The molecule has 104 valence electrons. The van der Waals surface area contributed by atoms with Crippen molar-refractivity contribution in [3.63, 3.8) is 0 Å². The Balaban J connectivity index is 3.16. The van der Waals surface area contributed by atoms with Crippen molar-refractivity contribution in [1.29, 1.82) is 0 Å². The number of nitrogens with zero attached hydrogens (tertiary/aromatic N) is 3. The quantitative estimate of drug-likeness (QED) is 0.274. The molecule has 0 aliphatic carbocycles. The molecular weight excluding hydrogens is 252 g/mol. The van der Waals surface area contributed by atoms with E-state index in [4.69, 9.17) is 15.7 Å².